The van der Waals surface area contributed by atoms with Gasteiger partial charge in [0.1, 0.15) is 0 Å². The molecule has 0 N–H and O–H groups in total. The molecule has 0 heterocycles. The lowest BCUT2D eigenvalue weighted by atomic mass is 10.2. The lowest BCUT2D eigenvalue weighted by Gasteiger charge is -1.96. The molecule has 0 spiro atoms. The monoisotopic (exact) mass is 273 g/mol. The van der Waals surface area contributed by atoms with Gasteiger partial charge >= 0.3 is 0 Å². The molecule has 0 aromatic heterocycles. The minimum Gasteiger partial charge on any atom is -0.256 e. The van der Waals surface area contributed by atoms with Crippen molar-refractivity contribution in [2.24, 2.45) is 4.99 Å². The maximum Gasteiger partial charge on any atom is 0.0786 e. The van der Waals surface area contributed by atoms with Crippen molar-refractivity contribution >= 4 is 18.0 Å². The lowest BCUT2D eigenvalue weighted by molar-refractivity contribution is 0.983. The molecule has 2 rings (SSSR count). The third kappa shape index (κ3) is 5.12. The fourth-order valence-corrected chi connectivity index (χ4v) is 1.82. The Morgan fingerprint density at radius 2 is 1.76 bits per heavy atom. The molecule has 0 atom stereocenters. The van der Waals surface area contributed by atoms with Crippen LogP contribution in [0.25, 0.3) is 6.08 Å². The average molecular weight is 273 g/mol. The number of hydrogen-bond acceptors (Lipinski definition) is 1. The summed E-state index contributed by atoms with van der Waals surface area (Å²) in [4.78, 5) is 4.49. The second-order valence-corrected chi connectivity index (χ2v) is 4.62. The van der Waals surface area contributed by atoms with E-state index in [9.17, 15) is 0 Å². The van der Waals surface area contributed by atoms with E-state index in [1.54, 1.807) is 0 Å². The molecule has 0 radical (unpaired) electrons. The summed E-state index contributed by atoms with van der Waals surface area (Å²) in [5.74, 6) is 6.35. The Kier molecular flexibility index (Phi) is 6.03. The molecule has 2 aromatic carbocycles. The summed E-state index contributed by atoms with van der Waals surface area (Å²) in [6, 6.07) is 18.2. The largest absolute Gasteiger partial charge is 0.256 e. The second kappa shape index (κ2) is 8.55. The first kappa shape index (κ1) is 14.8. The molecule has 0 saturated heterocycles. The van der Waals surface area contributed by atoms with Crippen LogP contribution in [0.1, 0.15) is 30.9 Å². The van der Waals surface area contributed by atoms with Gasteiger partial charge in [0.05, 0.1) is 11.3 Å². The zero-order valence-corrected chi connectivity index (χ0v) is 12.3. The Hall–Kier alpha value is -2.59. The maximum absolute atomic E-state index is 4.49. The van der Waals surface area contributed by atoms with Crippen LogP contribution in [0.3, 0.4) is 0 Å². The summed E-state index contributed by atoms with van der Waals surface area (Å²) < 4.78 is 0. The first-order valence-corrected chi connectivity index (χ1v) is 7.24. The van der Waals surface area contributed by atoms with Crippen molar-refractivity contribution < 1.29 is 0 Å². The van der Waals surface area contributed by atoms with Crippen molar-refractivity contribution in [3.8, 4) is 11.8 Å². The van der Waals surface area contributed by atoms with Crippen LogP contribution in [0.5, 0.6) is 0 Å². The molecule has 0 unspecified atom stereocenters. The molecular weight excluding hydrogens is 254 g/mol. The summed E-state index contributed by atoms with van der Waals surface area (Å²) in [6.07, 6.45) is 7.80. The van der Waals surface area contributed by atoms with Gasteiger partial charge < -0.3 is 0 Å². The van der Waals surface area contributed by atoms with E-state index in [1.165, 1.54) is 5.56 Å². The Morgan fingerprint density at radius 3 is 2.57 bits per heavy atom. The van der Waals surface area contributed by atoms with Crippen molar-refractivity contribution in [3.63, 3.8) is 0 Å². The van der Waals surface area contributed by atoms with Crippen molar-refractivity contribution in [2.75, 3.05) is 0 Å². The Morgan fingerprint density at radius 1 is 1.00 bits per heavy atom. The molecule has 0 fully saturated rings. The average Bonchev–Trinajstić information content (AvgIpc) is 2.54. The van der Waals surface area contributed by atoms with Gasteiger partial charge in [0.15, 0.2) is 0 Å². The number of unbranched alkanes of at least 4 members (excludes halogenated alkanes) is 1. The van der Waals surface area contributed by atoms with Gasteiger partial charge in [-0.3, -0.25) is 4.99 Å². The molecule has 1 nitrogen and oxygen atoms in total. The summed E-state index contributed by atoms with van der Waals surface area (Å²) in [6.45, 7) is 2.13. The predicted octanol–water partition coefficient (Wildman–Crippen LogP) is 5.25. The van der Waals surface area contributed by atoms with Crippen molar-refractivity contribution in [1.29, 1.82) is 0 Å². The number of rotatable bonds is 4. The number of para-hydroxylation sites is 1. The lowest BCUT2D eigenvalue weighted by Crippen LogP contribution is -1.77. The molecule has 0 amide bonds. The second-order valence-electron chi connectivity index (χ2n) is 4.62. The molecule has 0 bridgehead atoms. The topological polar surface area (TPSA) is 12.4 Å². The summed E-state index contributed by atoms with van der Waals surface area (Å²) in [7, 11) is 0. The van der Waals surface area contributed by atoms with Crippen LogP contribution in [-0.4, -0.2) is 6.21 Å². The number of allylic oxidation sites excluding steroid dienone is 1. The summed E-state index contributed by atoms with van der Waals surface area (Å²) in [5.41, 5.74) is 3.06. The zero-order chi connectivity index (χ0) is 14.8. The van der Waals surface area contributed by atoms with Crippen LogP contribution in [0.4, 0.5) is 5.69 Å². The van der Waals surface area contributed by atoms with E-state index < -0.39 is 0 Å². The highest BCUT2D eigenvalue weighted by Gasteiger charge is 1.94. The highest BCUT2D eigenvalue weighted by Crippen LogP contribution is 2.17. The van der Waals surface area contributed by atoms with Crippen molar-refractivity contribution in [3.05, 3.63) is 71.8 Å². The van der Waals surface area contributed by atoms with Gasteiger partial charge in [-0.2, -0.15) is 0 Å². The number of aliphatic imine (C=N–C) groups is 1. The van der Waals surface area contributed by atoms with Crippen LogP contribution in [-0.2, 0) is 0 Å². The van der Waals surface area contributed by atoms with Gasteiger partial charge in [-0.1, -0.05) is 67.3 Å². The van der Waals surface area contributed by atoms with Gasteiger partial charge in [-0.05, 0) is 30.2 Å². The van der Waals surface area contributed by atoms with Crippen molar-refractivity contribution in [1.82, 2.24) is 0 Å². The highest BCUT2D eigenvalue weighted by molar-refractivity contribution is 5.81. The first-order valence-electron chi connectivity index (χ1n) is 7.24. The van der Waals surface area contributed by atoms with E-state index in [4.69, 9.17) is 0 Å². The molecule has 1 heteroatoms. The number of nitrogens with zero attached hydrogens (tertiary/aromatic N) is 1. The highest BCUT2D eigenvalue weighted by atomic mass is 14.7. The van der Waals surface area contributed by atoms with Gasteiger partial charge in [-0.25, -0.2) is 0 Å². The third-order valence-electron chi connectivity index (χ3n) is 2.89. The summed E-state index contributed by atoms with van der Waals surface area (Å²) in [5, 5.41) is 0. The van der Waals surface area contributed by atoms with E-state index in [0.29, 0.717) is 0 Å². The maximum atomic E-state index is 4.49. The fraction of sp³-hybridized carbons (Fsp3) is 0.150. The van der Waals surface area contributed by atoms with Crippen molar-refractivity contribution in [2.45, 2.75) is 19.8 Å². The Labute approximate surface area is 127 Å². The smallest absolute Gasteiger partial charge is 0.0786 e. The van der Waals surface area contributed by atoms with Gasteiger partial charge in [0, 0.05) is 12.6 Å². The minimum absolute atomic E-state index is 0.916. The molecule has 0 saturated carbocycles. The van der Waals surface area contributed by atoms with Crippen LogP contribution >= 0.6 is 0 Å². The quantitative estimate of drug-likeness (QED) is 0.532. The van der Waals surface area contributed by atoms with Gasteiger partial charge in [-0.15, -0.1) is 0 Å². The van der Waals surface area contributed by atoms with Crippen LogP contribution in [0, 0.1) is 11.8 Å². The normalized spacial score (nSPS) is 10.7. The number of benzene rings is 2. The van der Waals surface area contributed by atoms with Crippen LogP contribution in [0.15, 0.2) is 65.7 Å². The fourth-order valence-electron chi connectivity index (χ4n) is 1.82. The van der Waals surface area contributed by atoms with Crippen LogP contribution < -0.4 is 0 Å². The van der Waals surface area contributed by atoms with E-state index in [-0.39, 0.29) is 0 Å². The molecule has 2 aromatic rings. The van der Waals surface area contributed by atoms with E-state index >= 15 is 0 Å². The molecule has 0 aliphatic rings. The SMILES string of the molecule is CCCC#Cc1ccccc1N=C/C=C/c1ccccc1. The van der Waals surface area contributed by atoms with E-state index in [0.717, 1.165) is 24.1 Å². The predicted molar refractivity (Wildman–Crippen MR) is 91.9 cm³/mol. The van der Waals surface area contributed by atoms with Gasteiger partial charge in [0.25, 0.3) is 0 Å². The first-order chi connectivity index (χ1) is 10.4. The molecule has 104 valence electrons. The molecule has 0 aliphatic carbocycles. The van der Waals surface area contributed by atoms with Crippen LogP contribution in [0.2, 0.25) is 0 Å². The Balaban J connectivity index is 2.08. The standard InChI is InChI=1S/C20H19N/c1-2-3-5-14-19-15-8-9-16-20(19)21-17-10-13-18-11-6-4-7-12-18/h4,6-13,15-17H,2-3H2,1H3/b13-10+,21-17?. The van der Waals surface area contributed by atoms with E-state index in [2.05, 4.69) is 35.9 Å². The third-order valence-corrected chi connectivity index (χ3v) is 2.89. The summed E-state index contributed by atoms with van der Waals surface area (Å²) >= 11 is 0. The number of hydrogen-bond donors (Lipinski definition) is 0. The molecule has 21 heavy (non-hydrogen) atoms. The Bertz CT molecular complexity index is 670. The molecule has 0 aliphatic heterocycles. The molecular formula is C20H19N. The van der Waals surface area contributed by atoms with Gasteiger partial charge in [0.2, 0.25) is 0 Å². The minimum atomic E-state index is 0.916. The van der Waals surface area contributed by atoms with E-state index in [1.807, 2.05) is 60.8 Å². The zero-order valence-electron chi connectivity index (χ0n) is 12.3.